The van der Waals surface area contributed by atoms with E-state index in [1.807, 2.05) is 0 Å². The molecule has 1 aromatic heterocycles. The van der Waals surface area contributed by atoms with Crippen molar-refractivity contribution in [1.29, 1.82) is 0 Å². The van der Waals surface area contributed by atoms with Gasteiger partial charge in [-0.1, -0.05) is 0 Å². The van der Waals surface area contributed by atoms with Crippen molar-refractivity contribution in [3.63, 3.8) is 0 Å². The summed E-state index contributed by atoms with van der Waals surface area (Å²) in [5, 5.41) is 0. The van der Waals surface area contributed by atoms with E-state index in [2.05, 4.69) is 4.98 Å². The Morgan fingerprint density at radius 2 is 1.57 bits per heavy atom. The Balaban J connectivity index is 2.13. The fourth-order valence-corrected chi connectivity index (χ4v) is 2.61. The van der Waals surface area contributed by atoms with Gasteiger partial charge in [-0.3, -0.25) is 19.1 Å². The third-order valence-corrected chi connectivity index (χ3v) is 3.93. The lowest BCUT2D eigenvalue weighted by Crippen LogP contribution is -2.29. The van der Waals surface area contributed by atoms with Gasteiger partial charge in [-0.2, -0.15) is 8.42 Å². The summed E-state index contributed by atoms with van der Waals surface area (Å²) in [5.41, 5.74) is 0.362. The van der Waals surface area contributed by atoms with E-state index >= 15 is 0 Å². The Labute approximate surface area is 119 Å². The first-order chi connectivity index (χ1) is 9.89. The van der Waals surface area contributed by atoms with Crippen molar-refractivity contribution in [1.82, 2.24) is 4.98 Å². The maximum Gasteiger partial charge on any atom is 0.294 e. The second-order valence-electron chi connectivity index (χ2n) is 4.33. The number of amides is 2. The van der Waals surface area contributed by atoms with Gasteiger partial charge in [-0.15, -0.1) is 0 Å². The van der Waals surface area contributed by atoms with Crippen molar-refractivity contribution in [2.45, 2.75) is 4.90 Å². The molecular formula is C13H8N2O5S. The number of fused-ring (bicyclic) bond motifs is 1. The minimum Gasteiger partial charge on any atom is -0.282 e. The van der Waals surface area contributed by atoms with E-state index in [4.69, 9.17) is 4.55 Å². The Hall–Kier alpha value is -2.58. The van der Waals surface area contributed by atoms with E-state index in [1.54, 1.807) is 0 Å². The van der Waals surface area contributed by atoms with Crippen molar-refractivity contribution in [2.24, 2.45) is 0 Å². The van der Waals surface area contributed by atoms with Crippen LogP contribution in [-0.4, -0.2) is 29.8 Å². The van der Waals surface area contributed by atoms with Gasteiger partial charge in [0.2, 0.25) is 0 Å². The molecule has 1 aromatic carbocycles. The van der Waals surface area contributed by atoms with Gasteiger partial charge in [0.1, 0.15) is 0 Å². The third kappa shape index (κ3) is 2.10. The quantitative estimate of drug-likeness (QED) is 0.658. The number of carbonyl (C=O) groups excluding carboxylic acids is 2. The number of hydrogen-bond acceptors (Lipinski definition) is 5. The molecule has 0 radical (unpaired) electrons. The number of carbonyl (C=O) groups is 2. The highest BCUT2D eigenvalue weighted by Gasteiger charge is 2.37. The second-order valence-corrected chi connectivity index (χ2v) is 5.76. The molecular weight excluding hydrogens is 296 g/mol. The smallest absolute Gasteiger partial charge is 0.282 e. The molecule has 1 N–H and O–H groups in total. The van der Waals surface area contributed by atoms with E-state index in [9.17, 15) is 18.0 Å². The van der Waals surface area contributed by atoms with Crippen molar-refractivity contribution < 1.29 is 22.6 Å². The first-order valence-corrected chi connectivity index (χ1v) is 7.24. The van der Waals surface area contributed by atoms with E-state index in [0.717, 1.165) is 17.0 Å². The fraction of sp³-hybridized carbons (Fsp3) is 0. The number of benzene rings is 1. The molecule has 2 amide bonds. The molecule has 0 aliphatic carbocycles. The van der Waals surface area contributed by atoms with Crippen LogP contribution in [0.1, 0.15) is 20.7 Å². The molecule has 2 aromatic rings. The summed E-state index contributed by atoms with van der Waals surface area (Å²) in [6.07, 6.45) is 2.87. The molecule has 0 bridgehead atoms. The predicted molar refractivity (Wildman–Crippen MR) is 71.6 cm³/mol. The second kappa shape index (κ2) is 4.47. The maximum atomic E-state index is 12.3. The topological polar surface area (TPSA) is 105 Å². The molecule has 0 saturated carbocycles. The van der Waals surface area contributed by atoms with Crippen LogP contribution in [0, 0.1) is 0 Å². The van der Waals surface area contributed by atoms with Gasteiger partial charge in [0.25, 0.3) is 21.9 Å². The Morgan fingerprint density at radius 3 is 2.19 bits per heavy atom. The van der Waals surface area contributed by atoms with Crippen molar-refractivity contribution >= 4 is 27.6 Å². The molecule has 0 unspecified atom stereocenters. The number of hydrogen-bond donors (Lipinski definition) is 1. The van der Waals surface area contributed by atoms with E-state index in [1.165, 1.54) is 30.6 Å². The molecule has 3 rings (SSSR count). The number of imide groups is 1. The minimum absolute atomic E-state index is 0.0630. The van der Waals surface area contributed by atoms with Crippen molar-refractivity contribution in [3.05, 3.63) is 53.9 Å². The van der Waals surface area contributed by atoms with E-state index < -0.39 is 26.8 Å². The Kier molecular flexibility index (Phi) is 2.85. The maximum absolute atomic E-state index is 12.3. The summed E-state index contributed by atoms with van der Waals surface area (Å²) in [6.45, 7) is 0. The van der Waals surface area contributed by atoms with Gasteiger partial charge in [-0.05, 0) is 30.3 Å². The van der Waals surface area contributed by atoms with Crippen LogP contribution in [0.15, 0.2) is 47.6 Å². The molecule has 0 fully saturated rings. The molecule has 106 valence electrons. The van der Waals surface area contributed by atoms with Crippen molar-refractivity contribution in [2.75, 3.05) is 4.90 Å². The average molecular weight is 304 g/mol. The summed E-state index contributed by atoms with van der Waals surface area (Å²) in [5.74, 6) is -1.20. The zero-order valence-electron chi connectivity index (χ0n) is 10.4. The zero-order valence-corrected chi connectivity index (χ0v) is 11.2. The summed E-state index contributed by atoms with van der Waals surface area (Å²) < 4.78 is 31.2. The molecule has 21 heavy (non-hydrogen) atoms. The third-order valence-electron chi connectivity index (χ3n) is 3.08. The highest BCUT2D eigenvalue weighted by molar-refractivity contribution is 7.85. The lowest BCUT2D eigenvalue weighted by Gasteiger charge is -2.12. The van der Waals surface area contributed by atoms with Crippen LogP contribution >= 0.6 is 0 Å². The highest BCUT2D eigenvalue weighted by Crippen LogP contribution is 2.29. The van der Waals surface area contributed by atoms with Crippen LogP contribution in [0.2, 0.25) is 0 Å². The van der Waals surface area contributed by atoms with Gasteiger partial charge in [-0.25, -0.2) is 4.90 Å². The lowest BCUT2D eigenvalue weighted by molar-refractivity contribution is 0.0926. The molecule has 1 aliphatic heterocycles. The number of rotatable bonds is 2. The molecule has 0 saturated heterocycles. The summed E-state index contributed by atoms with van der Waals surface area (Å²) in [4.78, 5) is 28.8. The van der Waals surface area contributed by atoms with Crippen LogP contribution in [0.25, 0.3) is 0 Å². The first-order valence-electron chi connectivity index (χ1n) is 5.80. The van der Waals surface area contributed by atoms with Crippen LogP contribution in [0.4, 0.5) is 5.69 Å². The Bertz CT molecular complexity index is 861. The Morgan fingerprint density at radius 1 is 0.952 bits per heavy atom. The summed E-state index contributed by atoms with van der Waals surface area (Å²) in [6, 6.07) is 6.26. The molecule has 8 heteroatoms. The van der Waals surface area contributed by atoms with Crippen molar-refractivity contribution in [3.8, 4) is 0 Å². The fourth-order valence-electron chi connectivity index (χ4n) is 2.11. The summed E-state index contributed by atoms with van der Waals surface area (Å²) >= 11 is 0. The van der Waals surface area contributed by atoms with Gasteiger partial charge in [0.15, 0.2) is 0 Å². The lowest BCUT2D eigenvalue weighted by atomic mass is 10.1. The molecule has 1 aliphatic rings. The van der Waals surface area contributed by atoms with E-state index in [0.29, 0.717) is 5.69 Å². The molecule has 7 nitrogen and oxygen atoms in total. The van der Waals surface area contributed by atoms with Gasteiger partial charge >= 0.3 is 0 Å². The predicted octanol–water partition coefficient (Wildman–Crippen LogP) is 1.13. The number of aromatic nitrogens is 1. The highest BCUT2D eigenvalue weighted by atomic mass is 32.2. The zero-order chi connectivity index (χ0) is 15.2. The van der Waals surface area contributed by atoms with Gasteiger partial charge in [0, 0.05) is 12.4 Å². The van der Waals surface area contributed by atoms with Crippen LogP contribution in [0.3, 0.4) is 0 Å². The molecule has 0 atom stereocenters. The number of anilines is 1. The monoisotopic (exact) mass is 304 g/mol. The van der Waals surface area contributed by atoms with Crippen LogP contribution < -0.4 is 4.90 Å². The number of nitrogens with zero attached hydrogens (tertiary/aromatic N) is 2. The molecule has 2 heterocycles. The van der Waals surface area contributed by atoms with Gasteiger partial charge < -0.3 is 0 Å². The van der Waals surface area contributed by atoms with Gasteiger partial charge in [0.05, 0.1) is 21.7 Å². The minimum atomic E-state index is -4.44. The summed E-state index contributed by atoms with van der Waals surface area (Å²) in [7, 11) is -4.44. The molecule has 0 spiro atoms. The van der Waals surface area contributed by atoms with Crippen LogP contribution in [-0.2, 0) is 10.1 Å². The normalized spacial score (nSPS) is 14.4. The number of pyridine rings is 1. The van der Waals surface area contributed by atoms with E-state index in [-0.39, 0.29) is 11.1 Å². The SMILES string of the molecule is O=C1c2ccc(S(=O)(=O)O)cc2C(=O)N1c1ccncc1. The van der Waals surface area contributed by atoms with Crippen LogP contribution in [0.5, 0.6) is 0 Å². The standard InChI is InChI=1S/C13H8N2O5S/c16-12-10-2-1-9(21(18,19)20)7-11(10)13(17)15(12)8-3-5-14-6-4-8/h1-7H,(H,18,19,20). The average Bonchev–Trinajstić information content (AvgIpc) is 2.70. The first kappa shape index (κ1) is 13.4. The largest absolute Gasteiger partial charge is 0.294 e.